The lowest BCUT2D eigenvalue weighted by Crippen LogP contribution is -2.05. The Bertz CT molecular complexity index is 316. The van der Waals surface area contributed by atoms with Crippen LogP contribution in [0, 0.1) is 6.92 Å². The minimum atomic E-state index is 0.859. The predicted octanol–water partition coefficient (Wildman–Crippen LogP) is 2.28. The number of hydrogen-bond acceptors (Lipinski definition) is 2. The number of benzene rings is 1. The van der Waals surface area contributed by atoms with Gasteiger partial charge < -0.3 is 11.5 Å². The van der Waals surface area contributed by atoms with Crippen LogP contribution in [0.25, 0.3) is 0 Å². The van der Waals surface area contributed by atoms with E-state index in [1.807, 2.05) is 6.92 Å². The molecule has 0 atom stereocenters. The van der Waals surface area contributed by atoms with Gasteiger partial charge in [-0.05, 0) is 36.5 Å². The van der Waals surface area contributed by atoms with Crippen molar-refractivity contribution in [2.24, 2.45) is 0 Å². The van der Waals surface area contributed by atoms with Crippen molar-refractivity contribution in [3.05, 3.63) is 22.8 Å². The number of nitrogens with two attached hydrogens (primary N) is 2. The van der Waals surface area contributed by atoms with Crippen LogP contribution in [0.4, 0.5) is 11.4 Å². The van der Waals surface area contributed by atoms with Gasteiger partial charge in [-0.15, -0.1) is 0 Å². The third kappa shape index (κ3) is 1.62. The molecule has 0 spiro atoms. The van der Waals surface area contributed by atoms with Gasteiger partial charge in [-0.25, -0.2) is 0 Å². The molecule has 0 aliphatic rings. The molecule has 0 fully saturated rings. The predicted molar refractivity (Wildman–Crippen MR) is 58.8 cm³/mol. The zero-order valence-corrected chi connectivity index (χ0v) is 8.65. The van der Waals surface area contributed by atoms with Crippen molar-refractivity contribution in [3.63, 3.8) is 0 Å². The second kappa shape index (κ2) is 3.69. The number of aryl methyl sites for hydroxylation is 2. The summed E-state index contributed by atoms with van der Waals surface area (Å²) in [5.74, 6) is 0. The van der Waals surface area contributed by atoms with Gasteiger partial charge >= 0.3 is 0 Å². The van der Waals surface area contributed by atoms with Crippen LogP contribution in [-0.2, 0) is 12.8 Å². The maximum atomic E-state index is 5.99. The Hall–Kier alpha value is -1.18. The molecule has 0 aliphatic heterocycles. The van der Waals surface area contributed by atoms with Crippen molar-refractivity contribution in [2.45, 2.75) is 33.6 Å². The monoisotopic (exact) mass is 178 g/mol. The summed E-state index contributed by atoms with van der Waals surface area (Å²) in [4.78, 5) is 0. The molecular formula is C11H18N2. The van der Waals surface area contributed by atoms with E-state index in [0.717, 1.165) is 35.3 Å². The summed E-state index contributed by atoms with van der Waals surface area (Å²) >= 11 is 0. The number of hydrogen-bond donors (Lipinski definition) is 2. The van der Waals surface area contributed by atoms with E-state index in [1.54, 1.807) is 0 Å². The van der Waals surface area contributed by atoms with Crippen LogP contribution in [-0.4, -0.2) is 0 Å². The first-order valence-electron chi connectivity index (χ1n) is 4.78. The van der Waals surface area contributed by atoms with E-state index in [2.05, 4.69) is 19.9 Å². The summed E-state index contributed by atoms with van der Waals surface area (Å²) in [6, 6.07) is 2.09. The van der Waals surface area contributed by atoms with Crippen LogP contribution >= 0.6 is 0 Å². The largest absolute Gasteiger partial charge is 0.398 e. The van der Waals surface area contributed by atoms with Crippen molar-refractivity contribution >= 4 is 11.4 Å². The molecule has 0 saturated heterocycles. The van der Waals surface area contributed by atoms with Gasteiger partial charge in [-0.3, -0.25) is 0 Å². The molecule has 0 saturated carbocycles. The van der Waals surface area contributed by atoms with E-state index >= 15 is 0 Å². The van der Waals surface area contributed by atoms with Gasteiger partial charge in [0.1, 0.15) is 0 Å². The molecule has 0 bridgehead atoms. The molecule has 0 unspecified atom stereocenters. The average molecular weight is 178 g/mol. The van der Waals surface area contributed by atoms with Gasteiger partial charge in [0.05, 0.1) is 0 Å². The highest BCUT2D eigenvalue weighted by molar-refractivity contribution is 5.68. The minimum absolute atomic E-state index is 0.859. The smallest absolute Gasteiger partial charge is 0.0399 e. The van der Waals surface area contributed by atoms with Crippen LogP contribution in [0.15, 0.2) is 6.07 Å². The van der Waals surface area contributed by atoms with Crippen LogP contribution in [0.2, 0.25) is 0 Å². The van der Waals surface area contributed by atoms with Gasteiger partial charge in [-0.1, -0.05) is 19.9 Å². The maximum Gasteiger partial charge on any atom is 0.0399 e. The summed E-state index contributed by atoms with van der Waals surface area (Å²) in [6.07, 6.45) is 1.88. The molecule has 4 N–H and O–H groups in total. The highest BCUT2D eigenvalue weighted by atomic mass is 14.6. The fourth-order valence-corrected chi connectivity index (χ4v) is 1.67. The summed E-state index contributed by atoms with van der Waals surface area (Å²) in [6.45, 7) is 6.23. The maximum absolute atomic E-state index is 5.99. The molecule has 1 aromatic carbocycles. The first kappa shape index (κ1) is 9.90. The fourth-order valence-electron chi connectivity index (χ4n) is 1.67. The molecule has 1 rings (SSSR count). The van der Waals surface area contributed by atoms with Crippen LogP contribution in [0.5, 0.6) is 0 Å². The van der Waals surface area contributed by atoms with Gasteiger partial charge in [0, 0.05) is 11.4 Å². The van der Waals surface area contributed by atoms with Gasteiger partial charge in [0.15, 0.2) is 0 Å². The lowest BCUT2D eigenvalue weighted by atomic mass is 9.98. The Morgan fingerprint density at radius 2 is 1.69 bits per heavy atom. The molecule has 0 radical (unpaired) electrons. The second-order valence-corrected chi connectivity index (χ2v) is 3.37. The highest BCUT2D eigenvalue weighted by Crippen LogP contribution is 2.28. The summed E-state index contributed by atoms with van der Waals surface area (Å²) in [7, 11) is 0. The van der Waals surface area contributed by atoms with Crippen molar-refractivity contribution in [1.29, 1.82) is 0 Å². The molecule has 72 valence electrons. The Morgan fingerprint density at radius 3 is 2.15 bits per heavy atom. The van der Waals surface area contributed by atoms with Gasteiger partial charge in [0.2, 0.25) is 0 Å². The standard InChI is InChI=1S/C11H18N2/c1-4-8-6-7(3)10(12)9(5-2)11(8)13/h6H,4-5,12-13H2,1-3H3. The third-order valence-corrected chi connectivity index (χ3v) is 2.55. The molecule has 0 amide bonds. The molecule has 1 aromatic rings. The van der Waals surface area contributed by atoms with E-state index in [-0.39, 0.29) is 0 Å². The molecule has 0 aliphatic carbocycles. The Balaban J connectivity index is 3.39. The summed E-state index contributed by atoms with van der Waals surface area (Å²) < 4.78 is 0. The molecule has 13 heavy (non-hydrogen) atoms. The highest BCUT2D eigenvalue weighted by Gasteiger charge is 2.08. The molecule has 2 nitrogen and oxygen atoms in total. The zero-order chi connectivity index (χ0) is 10.0. The molecular weight excluding hydrogens is 160 g/mol. The fraction of sp³-hybridized carbons (Fsp3) is 0.455. The zero-order valence-electron chi connectivity index (χ0n) is 8.65. The van der Waals surface area contributed by atoms with Gasteiger partial charge in [-0.2, -0.15) is 0 Å². The third-order valence-electron chi connectivity index (χ3n) is 2.55. The van der Waals surface area contributed by atoms with Crippen molar-refractivity contribution in [2.75, 3.05) is 11.5 Å². The van der Waals surface area contributed by atoms with Crippen LogP contribution in [0.3, 0.4) is 0 Å². The molecule has 0 heterocycles. The van der Waals surface area contributed by atoms with E-state index in [4.69, 9.17) is 11.5 Å². The second-order valence-electron chi connectivity index (χ2n) is 3.37. The van der Waals surface area contributed by atoms with E-state index in [0.29, 0.717) is 0 Å². The van der Waals surface area contributed by atoms with Crippen molar-refractivity contribution in [1.82, 2.24) is 0 Å². The van der Waals surface area contributed by atoms with Crippen LogP contribution < -0.4 is 11.5 Å². The first-order valence-corrected chi connectivity index (χ1v) is 4.78. The lowest BCUT2D eigenvalue weighted by molar-refractivity contribution is 1.09. The van der Waals surface area contributed by atoms with Crippen molar-refractivity contribution < 1.29 is 0 Å². The van der Waals surface area contributed by atoms with Gasteiger partial charge in [0.25, 0.3) is 0 Å². The first-order chi connectivity index (χ1) is 6.11. The SMILES string of the molecule is CCc1cc(C)c(N)c(CC)c1N. The molecule has 0 aromatic heterocycles. The number of anilines is 2. The summed E-state index contributed by atoms with van der Waals surface area (Å²) in [5.41, 5.74) is 17.1. The molecule has 2 heteroatoms. The quantitative estimate of drug-likeness (QED) is 0.683. The van der Waals surface area contributed by atoms with E-state index in [9.17, 15) is 0 Å². The average Bonchev–Trinajstić information content (AvgIpc) is 2.12. The minimum Gasteiger partial charge on any atom is -0.398 e. The Morgan fingerprint density at radius 1 is 1.08 bits per heavy atom. The van der Waals surface area contributed by atoms with E-state index in [1.165, 1.54) is 5.56 Å². The van der Waals surface area contributed by atoms with E-state index < -0.39 is 0 Å². The number of nitrogen functional groups attached to an aromatic ring is 2. The Kier molecular flexibility index (Phi) is 2.81. The number of rotatable bonds is 2. The van der Waals surface area contributed by atoms with Crippen molar-refractivity contribution in [3.8, 4) is 0 Å². The summed E-state index contributed by atoms with van der Waals surface area (Å²) in [5, 5.41) is 0. The Labute approximate surface area is 79.9 Å². The van der Waals surface area contributed by atoms with Crippen LogP contribution in [0.1, 0.15) is 30.5 Å². The topological polar surface area (TPSA) is 52.0 Å². The normalized spacial score (nSPS) is 10.4. The lowest BCUT2D eigenvalue weighted by Gasteiger charge is -2.14.